The van der Waals surface area contributed by atoms with Gasteiger partial charge in [-0.05, 0) is 47.7 Å². The lowest BCUT2D eigenvalue weighted by atomic mass is 9.89. The van der Waals surface area contributed by atoms with Crippen molar-refractivity contribution < 1.29 is 9.13 Å². The highest BCUT2D eigenvalue weighted by Crippen LogP contribution is 2.31. The largest absolute Gasteiger partial charge is 0.497 e. The molecule has 7 heteroatoms. The molecular formula is C28H27FN4O2. The summed E-state index contributed by atoms with van der Waals surface area (Å²) in [6, 6.07) is 19.6. The van der Waals surface area contributed by atoms with Crippen LogP contribution in [0.15, 0.2) is 77.9 Å². The van der Waals surface area contributed by atoms with Gasteiger partial charge in [0.25, 0.3) is 5.56 Å². The number of halogens is 1. The van der Waals surface area contributed by atoms with Gasteiger partial charge >= 0.3 is 0 Å². The van der Waals surface area contributed by atoms with Crippen LogP contribution >= 0.6 is 0 Å². The zero-order chi connectivity index (χ0) is 24.4. The molecule has 0 radical (unpaired) electrons. The summed E-state index contributed by atoms with van der Waals surface area (Å²) in [7, 11) is 3.38. The predicted octanol–water partition coefficient (Wildman–Crippen LogP) is 5.04. The van der Waals surface area contributed by atoms with E-state index in [0.717, 1.165) is 49.0 Å². The minimum atomic E-state index is -0.493. The molecule has 3 heterocycles. The van der Waals surface area contributed by atoms with Crippen LogP contribution in [0.5, 0.6) is 5.75 Å². The van der Waals surface area contributed by atoms with E-state index < -0.39 is 5.82 Å². The summed E-state index contributed by atoms with van der Waals surface area (Å²) in [5, 5.41) is 0. The summed E-state index contributed by atoms with van der Waals surface area (Å²) in [6.45, 7) is 1.54. The van der Waals surface area contributed by atoms with Crippen LogP contribution in [0.25, 0.3) is 22.4 Å². The number of hydrogen-bond acceptors (Lipinski definition) is 5. The number of rotatable bonds is 5. The van der Waals surface area contributed by atoms with Crippen molar-refractivity contribution in [2.24, 2.45) is 7.05 Å². The maximum atomic E-state index is 14.3. The number of hydrogen-bond donors (Lipinski definition) is 0. The number of benzene rings is 2. The molecule has 0 aliphatic carbocycles. The molecule has 0 bridgehead atoms. The van der Waals surface area contributed by atoms with Crippen molar-refractivity contribution in [2.45, 2.75) is 18.8 Å². The fraction of sp³-hybridized carbons (Fsp3) is 0.250. The normalized spacial score (nSPS) is 15.7. The van der Waals surface area contributed by atoms with Crippen molar-refractivity contribution in [3.63, 3.8) is 0 Å². The van der Waals surface area contributed by atoms with E-state index in [4.69, 9.17) is 9.72 Å². The van der Waals surface area contributed by atoms with Crippen molar-refractivity contribution in [3.05, 3.63) is 94.8 Å². The van der Waals surface area contributed by atoms with E-state index >= 15 is 0 Å². The Balaban J connectivity index is 1.39. The molecule has 0 saturated carbocycles. The summed E-state index contributed by atoms with van der Waals surface area (Å²) >= 11 is 0. The number of ether oxygens (including phenoxy) is 1. The van der Waals surface area contributed by atoms with Gasteiger partial charge in [0.15, 0.2) is 5.82 Å². The lowest BCUT2D eigenvalue weighted by Gasteiger charge is -2.34. The maximum Gasteiger partial charge on any atom is 0.255 e. The topological polar surface area (TPSA) is 60.2 Å². The number of pyridine rings is 1. The smallest absolute Gasteiger partial charge is 0.255 e. The zero-order valence-electron chi connectivity index (χ0n) is 19.8. The standard InChI is InChI=1S/C28H27FN4O2/c1-32-27(34)16-26(24-13-14-30-17-25(24)29)31-28(32)33-15-3-4-22(18-33)21-7-5-19(6-8-21)20-9-11-23(35-2)12-10-20/h5-14,16-17,22H,3-4,15,18H2,1-2H3. The van der Waals surface area contributed by atoms with Crippen LogP contribution in [-0.4, -0.2) is 34.7 Å². The zero-order valence-corrected chi connectivity index (χ0v) is 19.8. The Bertz CT molecular complexity index is 1380. The minimum absolute atomic E-state index is 0.216. The molecule has 2 aromatic carbocycles. The first-order valence-corrected chi connectivity index (χ1v) is 11.7. The fourth-order valence-electron chi connectivity index (χ4n) is 4.69. The van der Waals surface area contributed by atoms with Gasteiger partial charge in [0, 0.05) is 43.9 Å². The third kappa shape index (κ3) is 4.67. The van der Waals surface area contributed by atoms with Crippen LogP contribution in [0.2, 0.25) is 0 Å². The summed E-state index contributed by atoms with van der Waals surface area (Å²) < 4.78 is 21.1. The van der Waals surface area contributed by atoms with Crippen molar-refractivity contribution in [1.29, 1.82) is 0 Å². The van der Waals surface area contributed by atoms with Crippen LogP contribution in [-0.2, 0) is 7.05 Å². The van der Waals surface area contributed by atoms with Gasteiger partial charge in [-0.3, -0.25) is 14.3 Å². The van der Waals surface area contributed by atoms with E-state index in [0.29, 0.717) is 17.6 Å². The van der Waals surface area contributed by atoms with Crippen LogP contribution < -0.4 is 15.2 Å². The number of piperidine rings is 1. The second-order valence-corrected chi connectivity index (χ2v) is 8.83. The molecule has 178 valence electrons. The van der Waals surface area contributed by atoms with Gasteiger partial charge in [0.1, 0.15) is 5.75 Å². The highest BCUT2D eigenvalue weighted by molar-refractivity contribution is 5.65. The van der Waals surface area contributed by atoms with Gasteiger partial charge in [0.2, 0.25) is 5.95 Å². The van der Waals surface area contributed by atoms with Crippen LogP contribution in [0, 0.1) is 5.82 Å². The van der Waals surface area contributed by atoms with Crippen molar-refractivity contribution in [3.8, 4) is 28.1 Å². The van der Waals surface area contributed by atoms with Gasteiger partial charge in [-0.2, -0.15) is 0 Å². The van der Waals surface area contributed by atoms with E-state index in [1.165, 1.54) is 22.4 Å². The van der Waals surface area contributed by atoms with E-state index in [1.54, 1.807) is 20.2 Å². The second-order valence-electron chi connectivity index (χ2n) is 8.83. The Labute approximate surface area is 203 Å². The van der Waals surface area contributed by atoms with Gasteiger partial charge in [0.05, 0.1) is 19.0 Å². The Morgan fingerprint density at radius 3 is 2.43 bits per heavy atom. The lowest BCUT2D eigenvalue weighted by molar-refractivity contribution is 0.415. The van der Waals surface area contributed by atoms with E-state index in [9.17, 15) is 9.18 Å². The third-order valence-electron chi connectivity index (χ3n) is 6.67. The number of methoxy groups -OCH3 is 1. The number of anilines is 1. The average molecular weight is 471 g/mol. The summed E-state index contributed by atoms with van der Waals surface area (Å²) in [4.78, 5) is 23.3. The molecule has 35 heavy (non-hydrogen) atoms. The first-order valence-electron chi connectivity index (χ1n) is 11.7. The molecule has 1 aliphatic rings. The average Bonchev–Trinajstić information content (AvgIpc) is 2.91. The summed E-state index contributed by atoms with van der Waals surface area (Å²) in [5.74, 6) is 1.22. The number of aromatic nitrogens is 3. The predicted molar refractivity (Wildman–Crippen MR) is 135 cm³/mol. The molecule has 1 saturated heterocycles. The monoisotopic (exact) mass is 470 g/mol. The Morgan fingerprint density at radius 2 is 1.74 bits per heavy atom. The quantitative estimate of drug-likeness (QED) is 0.409. The van der Waals surface area contributed by atoms with Crippen molar-refractivity contribution >= 4 is 5.95 Å². The molecule has 0 amide bonds. The first kappa shape index (κ1) is 22.8. The Kier molecular flexibility index (Phi) is 6.31. The molecule has 6 nitrogen and oxygen atoms in total. The van der Waals surface area contributed by atoms with E-state index in [1.807, 2.05) is 12.1 Å². The van der Waals surface area contributed by atoms with Crippen LogP contribution in [0.4, 0.5) is 10.3 Å². The molecule has 0 N–H and O–H groups in total. The van der Waals surface area contributed by atoms with Gasteiger partial charge in [-0.25, -0.2) is 9.37 Å². The van der Waals surface area contributed by atoms with Crippen molar-refractivity contribution in [1.82, 2.24) is 14.5 Å². The highest BCUT2D eigenvalue weighted by atomic mass is 19.1. The molecule has 5 rings (SSSR count). The Morgan fingerprint density at radius 1 is 1.03 bits per heavy atom. The van der Waals surface area contributed by atoms with E-state index in [-0.39, 0.29) is 11.1 Å². The Hall–Kier alpha value is -4.00. The van der Waals surface area contributed by atoms with Crippen molar-refractivity contribution in [2.75, 3.05) is 25.1 Å². The summed E-state index contributed by atoms with van der Waals surface area (Å²) in [5.41, 5.74) is 3.94. The molecule has 1 unspecified atom stereocenters. The summed E-state index contributed by atoms with van der Waals surface area (Å²) in [6.07, 6.45) is 4.68. The second kappa shape index (κ2) is 9.70. The molecule has 1 aliphatic heterocycles. The lowest BCUT2D eigenvalue weighted by Crippen LogP contribution is -2.38. The molecule has 2 aromatic heterocycles. The SMILES string of the molecule is COc1ccc(-c2ccc(C3CCCN(c4nc(-c5ccncc5F)cc(=O)n4C)C3)cc2)cc1. The first-order chi connectivity index (χ1) is 17.0. The molecule has 0 spiro atoms. The minimum Gasteiger partial charge on any atom is -0.497 e. The van der Waals surface area contributed by atoms with E-state index in [2.05, 4.69) is 46.3 Å². The molecule has 4 aromatic rings. The highest BCUT2D eigenvalue weighted by Gasteiger charge is 2.25. The van der Waals surface area contributed by atoms with Gasteiger partial charge in [-0.1, -0.05) is 36.4 Å². The number of nitrogens with zero attached hydrogens (tertiary/aromatic N) is 4. The molecular weight excluding hydrogens is 443 g/mol. The van der Waals surface area contributed by atoms with Crippen LogP contribution in [0.1, 0.15) is 24.3 Å². The van der Waals surface area contributed by atoms with Gasteiger partial charge < -0.3 is 9.64 Å². The van der Waals surface area contributed by atoms with Gasteiger partial charge in [-0.15, -0.1) is 0 Å². The third-order valence-corrected chi connectivity index (χ3v) is 6.67. The molecule has 1 atom stereocenters. The van der Waals surface area contributed by atoms with Crippen LogP contribution in [0.3, 0.4) is 0 Å². The fourth-order valence-corrected chi connectivity index (χ4v) is 4.69. The maximum absolute atomic E-state index is 14.3. The molecule has 1 fully saturated rings.